The highest BCUT2D eigenvalue weighted by atomic mass is 16.5. The van der Waals surface area contributed by atoms with Crippen LogP contribution in [0.1, 0.15) is 16.8 Å². The summed E-state index contributed by atoms with van der Waals surface area (Å²) in [5, 5.41) is 13.0. The molecular weight excluding hydrogens is 246 g/mol. The summed E-state index contributed by atoms with van der Waals surface area (Å²) in [6.45, 7) is 0.660. The van der Waals surface area contributed by atoms with E-state index >= 15 is 0 Å². The molecule has 0 aliphatic rings. The lowest BCUT2D eigenvalue weighted by Gasteiger charge is -2.09. The summed E-state index contributed by atoms with van der Waals surface area (Å²) in [4.78, 5) is 12.0. The van der Waals surface area contributed by atoms with Crippen LogP contribution in [0.15, 0.2) is 34.9 Å². The van der Waals surface area contributed by atoms with E-state index in [4.69, 9.17) is 9.15 Å². The zero-order valence-electron chi connectivity index (χ0n) is 10.8. The van der Waals surface area contributed by atoms with E-state index in [0.29, 0.717) is 24.1 Å². The van der Waals surface area contributed by atoms with Crippen LogP contribution in [-0.2, 0) is 4.74 Å². The molecule has 1 atom stereocenters. The van der Waals surface area contributed by atoms with Gasteiger partial charge in [0.2, 0.25) is 0 Å². The number of aliphatic hydroxyl groups excluding tert-OH is 1. The quantitative estimate of drug-likeness (QED) is 0.829. The van der Waals surface area contributed by atoms with Crippen molar-refractivity contribution in [1.29, 1.82) is 0 Å². The average molecular weight is 263 g/mol. The Hall–Kier alpha value is -1.85. The van der Waals surface area contributed by atoms with Crippen molar-refractivity contribution in [3.05, 3.63) is 36.1 Å². The van der Waals surface area contributed by atoms with E-state index in [2.05, 4.69) is 5.32 Å². The van der Waals surface area contributed by atoms with Crippen molar-refractivity contribution in [2.75, 3.05) is 20.3 Å². The fraction of sp³-hybridized carbons (Fsp3) is 0.357. The Kier molecular flexibility index (Phi) is 4.54. The first-order valence-corrected chi connectivity index (χ1v) is 6.14. The predicted molar refractivity (Wildman–Crippen MR) is 71.0 cm³/mol. The number of hydrogen-bond donors (Lipinski definition) is 2. The monoisotopic (exact) mass is 263 g/mol. The molecule has 1 aromatic heterocycles. The van der Waals surface area contributed by atoms with Crippen molar-refractivity contribution in [3.8, 4) is 0 Å². The number of benzene rings is 1. The van der Waals surface area contributed by atoms with Crippen molar-refractivity contribution in [2.24, 2.45) is 0 Å². The molecule has 1 unspecified atom stereocenters. The van der Waals surface area contributed by atoms with Gasteiger partial charge in [-0.15, -0.1) is 0 Å². The lowest BCUT2D eigenvalue weighted by Crippen LogP contribution is -2.28. The van der Waals surface area contributed by atoms with Gasteiger partial charge in [0, 0.05) is 19.0 Å². The number of aliphatic hydroxyl groups is 1. The molecule has 5 nitrogen and oxygen atoms in total. The lowest BCUT2D eigenvalue weighted by atomic mass is 10.1. The van der Waals surface area contributed by atoms with Crippen LogP contribution in [0.25, 0.3) is 11.0 Å². The molecule has 1 aromatic carbocycles. The second kappa shape index (κ2) is 6.36. The van der Waals surface area contributed by atoms with Crippen molar-refractivity contribution >= 4 is 16.9 Å². The van der Waals surface area contributed by atoms with Crippen LogP contribution < -0.4 is 5.32 Å². The number of methoxy groups -OCH3 is 1. The van der Waals surface area contributed by atoms with Crippen LogP contribution in [0.2, 0.25) is 0 Å². The Morgan fingerprint density at radius 2 is 2.26 bits per heavy atom. The first kappa shape index (κ1) is 13.6. The molecule has 0 spiro atoms. The van der Waals surface area contributed by atoms with E-state index in [-0.39, 0.29) is 12.5 Å². The number of hydrogen-bond acceptors (Lipinski definition) is 4. The van der Waals surface area contributed by atoms with Gasteiger partial charge >= 0.3 is 0 Å². The summed E-state index contributed by atoms with van der Waals surface area (Å²) in [6.07, 6.45) is 1.34. The number of para-hydroxylation sites is 1. The van der Waals surface area contributed by atoms with Crippen LogP contribution in [0.3, 0.4) is 0 Å². The highest BCUT2D eigenvalue weighted by Gasteiger charge is 2.13. The third-order valence-corrected chi connectivity index (χ3v) is 2.85. The summed E-state index contributed by atoms with van der Waals surface area (Å²) < 4.78 is 10.1. The summed E-state index contributed by atoms with van der Waals surface area (Å²) in [7, 11) is 1.53. The predicted octanol–water partition coefficient (Wildman–Crippen LogP) is 1.56. The molecule has 0 fully saturated rings. The summed E-state index contributed by atoms with van der Waals surface area (Å²) >= 11 is 0. The fourth-order valence-corrected chi connectivity index (χ4v) is 1.88. The van der Waals surface area contributed by atoms with Gasteiger partial charge < -0.3 is 19.6 Å². The molecule has 0 saturated carbocycles. The maximum absolute atomic E-state index is 12.0. The molecule has 5 heteroatoms. The molecule has 0 bridgehead atoms. The summed E-state index contributed by atoms with van der Waals surface area (Å²) in [5.74, 6) is -0.199. The summed E-state index contributed by atoms with van der Waals surface area (Å²) in [5.41, 5.74) is 1.20. The summed E-state index contributed by atoms with van der Waals surface area (Å²) in [6, 6.07) is 7.37. The number of carbonyl (C=O) groups is 1. The van der Waals surface area contributed by atoms with Crippen LogP contribution in [0, 0.1) is 0 Å². The number of ether oxygens (including phenoxy) is 1. The van der Waals surface area contributed by atoms with Gasteiger partial charge in [-0.25, -0.2) is 0 Å². The minimum absolute atomic E-state index is 0.199. The molecule has 2 rings (SSSR count). The minimum atomic E-state index is -0.564. The largest absolute Gasteiger partial charge is 0.463 e. The molecule has 2 N–H and O–H groups in total. The van der Waals surface area contributed by atoms with E-state index in [0.717, 1.165) is 5.39 Å². The van der Waals surface area contributed by atoms with Gasteiger partial charge in [-0.05, 0) is 12.5 Å². The zero-order chi connectivity index (χ0) is 13.7. The molecule has 0 saturated heterocycles. The number of carbonyl (C=O) groups excluding carboxylic acids is 1. The lowest BCUT2D eigenvalue weighted by molar-refractivity contribution is 0.0588. The van der Waals surface area contributed by atoms with Gasteiger partial charge in [0.25, 0.3) is 5.91 Å². The van der Waals surface area contributed by atoms with Crippen LogP contribution in [-0.4, -0.2) is 37.4 Å². The molecule has 102 valence electrons. The zero-order valence-corrected chi connectivity index (χ0v) is 10.8. The SMILES string of the molecule is COCC(O)CCNC(=O)c1coc2ccccc12. The van der Waals surface area contributed by atoms with Gasteiger partial charge in [-0.3, -0.25) is 4.79 Å². The molecule has 0 radical (unpaired) electrons. The number of fused-ring (bicyclic) bond motifs is 1. The van der Waals surface area contributed by atoms with Crippen molar-refractivity contribution in [1.82, 2.24) is 5.32 Å². The Morgan fingerprint density at radius 3 is 3.05 bits per heavy atom. The number of amides is 1. The topological polar surface area (TPSA) is 71.7 Å². The van der Waals surface area contributed by atoms with Crippen molar-refractivity contribution in [3.63, 3.8) is 0 Å². The number of rotatable bonds is 6. The Morgan fingerprint density at radius 1 is 1.47 bits per heavy atom. The second-order valence-electron chi connectivity index (χ2n) is 4.30. The van der Waals surface area contributed by atoms with Gasteiger partial charge in [0.05, 0.1) is 18.3 Å². The van der Waals surface area contributed by atoms with E-state index in [9.17, 15) is 9.90 Å². The van der Waals surface area contributed by atoms with E-state index in [1.807, 2.05) is 24.3 Å². The first-order chi connectivity index (χ1) is 9.22. The highest BCUT2D eigenvalue weighted by molar-refractivity contribution is 6.05. The third kappa shape index (κ3) is 3.33. The molecule has 1 heterocycles. The number of furan rings is 1. The van der Waals surface area contributed by atoms with E-state index in [1.165, 1.54) is 13.4 Å². The molecule has 0 aliphatic carbocycles. The molecule has 1 amide bonds. The van der Waals surface area contributed by atoms with E-state index < -0.39 is 6.10 Å². The fourth-order valence-electron chi connectivity index (χ4n) is 1.88. The van der Waals surface area contributed by atoms with Crippen molar-refractivity contribution in [2.45, 2.75) is 12.5 Å². The Bertz CT molecular complexity index is 549. The van der Waals surface area contributed by atoms with Crippen molar-refractivity contribution < 1.29 is 19.1 Å². The highest BCUT2D eigenvalue weighted by Crippen LogP contribution is 2.20. The Labute approximate surface area is 111 Å². The van der Waals surface area contributed by atoms with Gasteiger partial charge in [0.15, 0.2) is 0 Å². The normalized spacial score (nSPS) is 12.5. The second-order valence-corrected chi connectivity index (χ2v) is 4.30. The van der Waals surface area contributed by atoms with Gasteiger partial charge in [0.1, 0.15) is 11.8 Å². The molecule has 19 heavy (non-hydrogen) atoms. The standard InChI is InChI=1S/C14H17NO4/c1-18-8-10(16)6-7-15-14(17)12-9-19-13-5-3-2-4-11(12)13/h2-5,9-10,16H,6-8H2,1H3,(H,15,17). The minimum Gasteiger partial charge on any atom is -0.463 e. The molecular formula is C14H17NO4. The third-order valence-electron chi connectivity index (χ3n) is 2.85. The average Bonchev–Trinajstić information content (AvgIpc) is 2.82. The van der Waals surface area contributed by atoms with Crippen LogP contribution >= 0.6 is 0 Å². The van der Waals surface area contributed by atoms with Crippen LogP contribution in [0.4, 0.5) is 0 Å². The maximum atomic E-state index is 12.0. The maximum Gasteiger partial charge on any atom is 0.255 e. The van der Waals surface area contributed by atoms with Gasteiger partial charge in [-0.2, -0.15) is 0 Å². The molecule has 2 aromatic rings. The molecule has 0 aliphatic heterocycles. The number of nitrogens with one attached hydrogen (secondary N) is 1. The van der Waals surface area contributed by atoms with Gasteiger partial charge in [-0.1, -0.05) is 18.2 Å². The smallest absolute Gasteiger partial charge is 0.255 e. The van der Waals surface area contributed by atoms with E-state index in [1.54, 1.807) is 0 Å². The Balaban J connectivity index is 1.93. The van der Waals surface area contributed by atoms with Crippen LogP contribution in [0.5, 0.6) is 0 Å². The first-order valence-electron chi connectivity index (χ1n) is 6.14.